The van der Waals surface area contributed by atoms with E-state index in [2.05, 4.69) is 4.98 Å². The number of halogens is 2. The molecule has 4 nitrogen and oxygen atoms in total. The number of aromatic nitrogens is 2. The zero-order valence-electron chi connectivity index (χ0n) is 14.7. The lowest BCUT2D eigenvalue weighted by atomic mass is 9.69. The van der Waals surface area contributed by atoms with E-state index in [1.54, 1.807) is 25.5 Å². The molecule has 1 N–H and O–H groups in total. The summed E-state index contributed by atoms with van der Waals surface area (Å²) >= 11 is 0. The zero-order valence-corrected chi connectivity index (χ0v) is 14.7. The average molecular weight is 360 g/mol. The van der Waals surface area contributed by atoms with Gasteiger partial charge in [-0.15, -0.1) is 0 Å². The maximum Gasteiger partial charge on any atom is 0.309 e. The Morgan fingerprint density at radius 2 is 2.08 bits per heavy atom. The number of fused-ring (bicyclic) bond motifs is 3. The summed E-state index contributed by atoms with van der Waals surface area (Å²) in [6, 6.07) is 4.73. The first-order valence-corrected chi connectivity index (χ1v) is 9.06. The van der Waals surface area contributed by atoms with Gasteiger partial charge in [0.1, 0.15) is 11.5 Å². The predicted octanol–water partition coefficient (Wildman–Crippen LogP) is 4.75. The van der Waals surface area contributed by atoms with Crippen molar-refractivity contribution < 1.29 is 18.7 Å². The van der Waals surface area contributed by atoms with Crippen molar-refractivity contribution in [2.45, 2.75) is 57.2 Å². The lowest BCUT2D eigenvalue weighted by molar-refractivity contribution is -0.151. The molecule has 0 radical (unpaired) electrons. The van der Waals surface area contributed by atoms with Gasteiger partial charge in [0.2, 0.25) is 0 Å². The lowest BCUT2D eigenvalue weighted by Gasteiger charge is -2.38. The van der Waals surface area contributed by atoms with Crippen molar-refractivity contribution in [1.82, 2.24) is 9.55 Å². The van der Waals surface area contributed by atoms with Gasteiger partial charge in [-0.2, -0.15) is 0 Å². The molecular formula is C20H22F2N2O2. The van der Waals surface area contributed by atoms with Crippen molar-refractivity contribution in [1.29, 1.82) is 0 Å². The minimum Gasteiger partial charge on any atom is -0.481 e. The van der Waals surface area contributed by atoms with E-state index in [4.69, 9.17) is 0 Å². The van der Waals surface area contributed by atoms with Gasteiger partial charge < -0.3 is 9.67 Å². The van der Waals surface area contributed by atoms with Crippen LogP contribution in [0.1, 0.15) is 57.1 Å². The Morgan fingerprint density at radius 3 is 2.77 bits per heavy atom. The Morgan fingerprint density at radius 1 is 1.35 bits per heavy atom. The fraction of sp³-hybridized carbons (Fsp3) is 0.500. The molecule has 2 aliphatic rings. The summed E-state index contributed by atoms with van der Waals surface area (Å²) in [6.07, 6.45) is 5.30. The molecule has 1 aliphatic carbocycles. The summed E-state index contributed by atoms with van der Waals surface area (Å²) in [5, 5.41) is 9.32. The first-order chi connectivity index (χ1) is 12.3. The van der Waals surface area contributed by atoms with Crippen molar-refractivity contribution in [2.24, 2.45) is 5.41 Å². The minimum atomic E-state index is -1.39. The first kappa shape index (κ1) is 17.2. The SMILES string of the molecule is CC1(C(=O)O)CCC(F)(CCC2c3c(F)cccc3-c3cncn32)CC1. The van der Waals surface area contributed by atoms with Crippen LogP contribution in [-0.4, -0.2) is 26.3 Å². The van der Waals surface area contributed by atoms with Crippen LogP contribution in [0.15, 0.2) is 30.7 Å². The number of benzene rings is 1. The Kier molecular flexibility index (Phi) is 3.90. The molecule has 26 heavy (non-hydrogen) atoms. The zero-order chi connectivity index (χ0) is 18.5. The molecule has 2 aromatic rings. The van der Waals surface area contributed by atoms with E-state index in [1.165, 1.54) is 6.07 Å². The molecule has 1 aromatic heterocycles. The van der Waals surface area contributed by atoms with Crippen LogP contribution in [0.4, 0.5) is 8.78 Å². The molecule has 0 bridgehead atoms. The Bertz CT molecular complexity index is 853. The quantitative estimate of drug-likeness (QED) is 0.856. The lowest BCUT2D eigenvalue weighted by Crippen LogP contribution is -2.39. The van der Waals surface area contributed by atoms with Crippen LogP contribution in [0, 0.1) is 11.2 Å². The number of hydrogen-bond acceptors (Lipinski definition) is 2. The number of nitrogens with zero attached hydrogens (tertiary/aromatic N) is 2. The number of rotatable bonds is 4. The van der Waals surface area contributed by atoms with Crippen molar-refractivity contribution >= 4 is 5.97 Å². The van der Waals surface area contributed by atoms with Crippen molar-refractivity contribution in [3.8, 4) is 11.3 Å². The summed E-state index contributed by atoms with van der Waals surface area (Å²) in [5.41, 5.74) is 0.0739. The Balaban J connectivity index is 1.52. The van der Waals surface area contributed by atoms with Gasteiger partial charge in [0, 0.05) is 11.1 Å². The number of carboxylic acids is 1. The highest BCUT2D eigenvalue weighted by Gasteiger charge is 2.45. The molecule has 1 atom stereocenters. The van der Waals surface area contributed by atoms with Crippen molar-refractivity contribution in [2.75, 3.05) is 0 Å². The average Bonchev–Trinajstić information content (AvgIpc) is 3.18. The van der Waals surface area contributed by atoms with Gasteiger partial charge in [-0.05, 0) is 51.5 Å². The maximum absolute atomic E-state index is 15.3. The van der Waals surface area contributed by atoms with Crippen LogP contribution in [0.3, 0.4) is 0 Å². The number of carboxylic acid groups (broad SMARTS) is 1. The number of alkyl halides is 1. The fourth-order valence-corrected chi connectivity index (χ4v) is 4.39. The maximum atomic E-state index is 15.3. The van der Waals surface area contributed by atoms with E-state index in [0.29, 0.717) is 31.2 Å². The molecule has 1 saturated carbocycles. The van der Waals surface area contributed by atoms with Crippen LogP contribution in [-0.2, 0) is 4.79 Å². The van der Waals surface area contributed by atoms with Gasteiger partial charge in [-0.1, -0.05) is 12.1 Å². The fourth-order valence-electron chi connectivity index (χ4n) is 4.39. The molecule has 4 rings (SSSR count). The van der Waals surface area contributed by atoms with E-state index < -0.39 is 17.1 Å². The molecule has 1 unspecified atom stereocenters. The third kappa shape index (κ3) is 2.63. The minimum absolute atomic E-state index is 0.240. The molecule has 1 aromatic carbocycles. The van der Waals surface area contributed by atoms with E-state index in [0.717, 1.165) is 11.3 Å². The second-order valence-corrected chi connectivity index (χ2v) is 7.96. The van der Waals surface area contributed by atoms with Gasteiger partial charge in [-0.25, -0.2) is 13.8 Å². The molecule has 0 saturated heterocycles. The Labute approximate surface area is 150 Å². The normalized spacial score (nSPS) is 30.0. The molecule has 6 heteroatoms. The molecular weight excluding hydrogens is 338 g/mol. The number of aliphatic carboxylic acids is 1. The molecule has 1 aliphatic heterocycles. The first-order valence-electron chi connectivity index (χ1n) is 9.06. The van der Waals surface area contributed by atoms with E-state index in [1.807, 2.05) is 10.6 Å². The van der Waals surface area contributed by atoms with E-state index in [9.17, 15) is 14.3 Å². The van der Waals surface area contributed by atoms with Crippen molar-refractivity contribution in [3.63, 3.8) is 0 Å². The van der Waals surface area contributed by atoms with Crippen molar-refractivity contribution in [3.05, 3.63) is 42.1 Å². The van der Waals surface area contributed by atoms with Gasteiger partial charge in [0.05, 0.1) is 29.7 Å². The Hall–Kier alpha value is -2.24. The van der Waals surface area contributed by atoms with Crippen LogP contribution in [0.2, 0.25) is 0 Å². The van der Waals surface area contributed by atoms with Gasteiger partial charge in [0.25, 0.3) is 0 Å². The van der Waals surface area contributed by atoms with Crippen LogP contribution >= 0.6 is 0 Å². The van der Waals surface area contributed by atoms with Gasteiger partial charge >= 0.3 is 5.97 Å². The molecule has 1 fully saturated rings. The standard InChI is InChI=1S/C20H22F2N2O2/c1-19(18(25)26)7-9-20(22,10-8-19)6-5-15-17-13(3-2-4-14(17)21)16-11-23-12-24(15)16/h2-4,11-12,15H,5-10H2,1H3,(H,25,26). The number of hydrogen-bond donors (Lipinski definition) is 1. The van der Waals surface area contributed by atoms with E-state index >= 15 is 4.39 Å². The third-order valence-corrected chi connectivity index (χ3v) is 6.30. The molecule has 2 heterocycles. The van der Waals surface area contributed by atoms with Crippen LogP contribution in [0.5, 0.6) is 0 Å². The second-order valence-electron chi connectivity index (χ2n) is 7.96. The summed E-state index contributed by atoms with van der Waals surface area (Å²) in [5.74, 6) is -1.12. The molecule has 138 valence electrons. The smallest absolute Gasteiger partial charge is 0.309 e. The number of imidazole rings is 1. The van der Waals surface area contributed by atoms with Crippen LogP contribution in [0.25, 0.3) is 11.3 Å². The highest BCUT2D eigenvalue weighted by Crippen LogP contribution is 2.48. The highest BCUT2D eigenvalue weighted by molar-refractivity contribution is 5.74. The highest BCUT2D eigenvalue weighted by atomic mass is 19.1. The van der Waals surface area contributed by atoms with Gasteiger partial charge in [-0.3, -0.25) is 4.79 Å². The second kappa shape index (κ2) is 5.89. The summed E-state index contributed by atoms with van der Waals surface area (Å²) in [7, 11) is 0. The summed E-state index contributed by atoms with van der Waals surface area (Å²) < 4.78 is 31.7. The van der Waals surface area contributed by atoms with E-state index in [-0.39, 0.29) is 24.7 Å². The van der Waals surface area contributed by atoms with Crippen LogP contribution < -0.4 is 0 Å². The summed E-state index contributed by atoms with van der Waals surface area (Å²) in [6.45, 7) is 1.69. The third-order valence-electron chi connectivity index (χ3n) is 6.30. The summed E-state index contributed by atoms with van der Waals surface area (Å²) in [4.78, 5) is 15.5. The number of carbonyl (C=O) groups is 1. The topological polar surface area (TPSA) is 55.1 Å². The largest absolute Gasteiger partial charge is 0.481 e. The molecule has 0 spiro atoms. The molecule has 0 amide bonds. The van der Waals surface area contributed by atoms with Gasteiger partial charge in [0.15, 0.2) is 0 Å². The predicted molar refractivity (Wildman–Crippen MR) is 93.0 cm³/mol. The monoisotopic (exact) mass is 360 g/mol.